The van der Waals surface area contributed by atoms with Gasteiger partial charge in [-0.1, -0.05) is 6.07 Å². The maximum absolute atomic E-state index is 11.7. The van der Waals surface area contributed by atoms with E-state index in [0.717, 1.165) is 17.1 Å². The van der Waals surface area contributed by atoms with E-state index in [1.165, 1.54) is 0 Å². The Morgan fingerprint density at radius 3 is 2.48 bits per heavy atom. The number of nitrogens with one attached hydrogen (secondary N) is 1. The van der Waals surface area contributed by atoms with Gasteiger partial charge in [0.15, 0.2) is 0 Å². The van der Waals surface area contributed by atoms with E-state index in [1.54, 1.807) is 25.1 Å². The molecular weight excluding hydrogens is 290 g/mol. The zero-order chi connectivity index (χ0) is 14.5. The SMILES string of the molecule is CCOC(=O)c1cccc(Nc2nc(C)cc(C)n2)c1.[Cl-]. The number of hydrogen-bond acceptors (Lipinski definition) is 5. The summed E-state index contributed by atoms with van der Waals surface area (Å²) in [5.41, 5.74) is 3.03. The Balaban J connectivity index is 0.00000220. The average Bonchev–Trinajstić information content (AvgIpc) is 2.38. The minimum Gasteiger partial charge on any atom is -1.00 e. The molecule has 0 unspecified atom stereocenters. The summed E-state index contributed by atoms with van der Waals surface area (Å²) in [5, 5.41) is 3.09. The summed E-state index contributed by atoms with van der Waals surface area (Å²) in [5.74, 6) is 0.181. The highest BCUT2D eigenvalue weighted by atomic mass is 35.5. The second kappa shape index (κ2) is 7.59. The number of aromatic nitrogens is 2. The normalized spacial score (nSPS) is 9.67. The van der Waals surface area contributed by atoms with Crippen LogP contribution in [0.1, 0.15) is 28.7 Å². The Kier molecular flexibility index (Phi) is 6.11. The standard InChI is InChI=1S/C15H17N3O2.ClH/c1-4-20-14(19)12-6-5-7-13(9-12)18-15-16-10(2)8-11(3)17-15;/h5-9H,4H2,1-3H3,(H,16,17,18);1H/p-1. The van der Waals surface area contributed by atoms with E-state index in [9.17, 15) is 4.79 Å². The molecule has 0 spiro atoms. The molecule has 1 aromatic heterocycles. The molecule has 0 aliphatic heterocycles. The molecule has 2 rings (SSSR count). The number of hydrogen-bond donors (Lipinski definition) is 1. The summed E-state index contributed by atoms with van der Waals surface area (Å²) < 4.78 is 4.97. The summed E-state index contributed by atoms with van der Waals surface area (Å²) in [4.78, 5) is 20.3. The van der Waals surface area contributed by atoms with Crippen LogP contribution < -0.4 is 17.7 Å². The summed E-state index contributed by atoms with van der Waals surface area (Å²) in [6.45, 7) is 5.96. The maximum atomic E-state index is 11.7. The van der Waals surface area contributed by atoms with Crippen molar-refractivity contribution in [3.05, 3.63) is 47.3 Å². The smallest absolute Gasteiger partial charge is 0.338 e. The number of anilines is 2. The molecule has 1 N–H and O–H groups in total. The third-order valence-corrected chi connectivity index (χ3v) is 2.61. The molecule has 0 saturated carbocycles. The molecule has 2 aromatic rings. The number of carbonyl (C=O) groups excluding carboxylic acids is 1. The lowest BCUT2D eigenvalue weighted by Crippen LogP contribution is -3.00. The first-order valence-corrected chi connectivity index (χ1v) is 6.45. The van der Waals surface area contributed by atoms with Crippen LogP contribution in [0.25, 0.3) is 0 Å². The fraction of sp³-hybridized carbons (Fsp3) is 0.267. The average molecular weight is 307 g/mol. The second-order valence-corrected chi connectivity index (χ2v) is 4.40. The van der Waals surface area contributed by atoms with Gasteiger partial charge in [0.2, 0.25) is 5.95 Å². The molecule has 0 aliphatic carbocycles. The molecular formula is C15H17ClN3O2-. The van der Waals surface area contributed by atoms with Crippen molar-refractivity contribution >= 4 is 17.6 Å². The number of ether oxygens (including phenoxy) is 1. The number of benzene rings is 1. The van der Waals surface area contributed by atoms with Crippen LogP contribution in [-0.2, 0) is 4.74 Å². The summed E-state index contributed by atoms with van der Waals surface area (Å²) >= 11 is 0. The quantitative estimate of drug-likeness (QED) is 0.807. The van der Waals surface area contributed by atoms with E-state index in [2.05, 4.69) is 15.3 Å². The Bertz CT molecular complexity index is 612. The van der Waals surface area contributed by atoms with Gasteiger partial charge in [-0.05, 0) is 45.0 Å². The monoisotopic (exact) mass is 306 g/mol. The number of esters is 1. The fourth-order valence-electron chi connectivity index (χ4n) is 1.85. The molecule has 1 aromatic carbocycles. The van der Waals surface area contributed by atoms with E-state index in [1.807, 2.05) is 26.0 Å². The maximum Gasteiger partial charge on any atom is 0.338 e. The molecule has 5 nitrogen and oxygen atoms in total. The fourth-order valence-corrected chi connectivity index (χ4v) is 1.85. The first kappa shape index (κ1) is 16.9. The number of rotatable bonds is 4. The van der Waals surface area contributed by atoms with Crippen molar-refractivity contribution in [2.75, 3.05) is 11.9 Å². The zero-order valence-corrected chi connectivity index (χ0v) is 12.9. The zero-order valence-electron chi connectivity index (χ0n) is 12.2. The third kappa shape index (κ3) is 4.72. The van der Waals surface area contributed by atoms with Gasteiger partial charge in [0, 0.05) is 17.1 Å². The Morgan fingerprint density at radius 2 is 1.86 bits per heavy atom. The third-order valence-electron chi connectivity index (χ3n) is 2.61. The predicted molar refractivity (Wildman–Crippen MR) is 77.2 cm³/mol. The van der Waals surface area contributed by atoms with Crippen molar-refractivity contribution in [2.45, 2.75) is 20.8 Å². The lowest BCUT2D eigenvalue weighted by atomic mass is 10.2. The van der Waals surface area contributed by atoms with Gasteiger partial charge in [-0.3, -0.25) is 0 Å². The van der Waals surface area contributed by atoms with Crippen LogP contribution in [-0.4, -0.2) is 22.5 Å². The molecule has 0 aliphatic rings. The van der Waals surface area contributed by atoms with Crippen LogP contribution in [0, 0.1) is 13.8 Å². The number of nitrogens with zero attached hydrogens (tertiary/aromatic N) is 2. The first-order chi connectivity index (χ1) is 9.58. The first-order valence-electron chi connectivity index (χ1n) is 6.45. The van der Waals surface area contributed by atoms with Gasteiger partial charge in [0.1, 0.15) is 0 Å². The predicted octanol–water partition coefficient (Wildman–Crippen LogP) is 0.0177. The van der Waals surface area contributed by atoms with Gasteiger partial charge in [0.25, 0.3) is 0 Å². The van der Waals surface area contributed by atoms with Crippen LogP contribution in [0.3, 0.4) is 0 Å². The Morgan fingerprint density at radius 1 is 1.19 bits per heavy atom. The second-order valence-electron chi connectivity index (χ2n) is 4.40. The van der Waals surface area contributed by atoms with Gasteiger partial charge in [-0.25, -0.2) is 14.8 Å². The molecule has 0 atom stereocenters. The lowest BCUT2D eigenvalue weighted by Gasteiger charge is -2.08. The number of carbonyl (C=O) groups is 1. The largest absolute Gasteiger partial charge is 1.00 e. The van der Waals surface area contributed by atoms with E-state index in [-0.39, 0.29) is 18.4 Å². The van der Waals surface area contributed by atoms with Gasteiger partial charge in [0.05, 0.1) is 12.2 Å². The van der Waals surface area contributed by atoms with Crippen molar-refractivity contribution in [2.24, 2.45) is 0 Å². The minimum absolute atomic E-state index is 0. The Labute approximate surface area is 130 Å². The highest BCUT2D eigenvalue weighted by Gasteiger charge is 2.07. The molecule has 6 heteroatoms. The molecule has 0 radical (unpaired) electrons. The highest BCUT2D eigenvalue weighted by molar-refractivity contribution is 5.90. The highest BCUT2D eigenvalue weighted by Crippen LogP contribution is 2.16. The van der Waals surface area contributed by atoms with Crippen LogP contribution in [0.5, 0.6) is 0 Å². The molecule has 1 heterocycles. The van der Waals surface area contributed by atoms with Crippen molar-refractivity contribution in [1.82, 2.24) is 9.97 Å². The van der Waals surface area contributed by atoms with Gasteiger partial charge in [-0.2, -0.15) is 0 Å². The molecule has 21 heavy (non-hydrogen) atoms. The summed E-state index contributed by atoms with van der Waals surface area (Å²) in [6.07, 6.45) is 0. The van der Waals surface area contributed by atoms with Crippen LogP contribution >= 0.6 is 0 Å². The van der Waals surface area contributed by atoms with E-state index < -0.39 is 0 Å². The summed E-state index contributed by atoms with van der Waals surface area (Å²) in [6, 6.07) is 8.98. The van der Waals surface area contributed by atoms with E-state index >= 15 is 0 Å². The lowest BCUT2D eigenvalue weighted by molar-refractivity contribution is -0.0000224. The van der Waals surface area contributed by atoms with Crippen LogP contribution in [0.15, 0.2) is 30.3 Å². The van der Waals surface area contributed by atoms with Crippen molar-refractivity contribution < 1.29 is 21.9 Å². The molecule has 0 fully saturated rings. The van der Waals surface area contributed by atoms with E-state index in [0.29, 0.717) is 18.1 Å². The van der Waals surface area contributed by atoms with Crippen molar-refractivity contribution in [3.63, 3.8) is 0 Å². The van der Waals surface area contributed by atoms with Crippen LogP contribution in [0.4, 0.5) is 11.6 Å². The Hall–Kier alpha value is -2.14. The minimum atomic E-state index is -0.336. The molecule has 0 bridgehead atoms. The number of halogens is 1. The molecule has 0 saturated heterocycles. The topological polar surface area (TPSA) is 64.1 Å². The summed E-state index contributed by atoms with van der Waals surface area (Å²) in [7, 11) is 0. The van der Waals surface area contributed by atoms with Gasteiger partial charge in [-0.15, -0.1) is 0 Å². The van der Waals surface area contributed by atoms with Crippen molar-refractivity contribution in [1.29, 1.82) is 0 Å². The van der Waals surface area contributed by atoms with E-state index in [4.69, 9.17) is 4.74 Å². The van der Waals surface area contributed by atoms with Crippen LogP contribution in [0.2, 0.25) is 0 Å². The molecule has 112 valence electrons. The van der Waals surface area contributed by atoms with Gasteiger partial charge >= 0.3 is 5.97 Å². The molecule has 0 amide bonds. The van der Waals surface area contributed by atoms with Gasteiger partial charge < -0.3 is 22.5 Å². The number of aryl methyl sites for hydroxylation is 2. The van der Waals surface area contributed by atoms with Crippen molar-refractivity contribution in [3.8, 4) is 0 Å².